The lowest BCUT2D eigenvalue weighted by Crippen LogP contribution is -2.46. The molecule has 0 radical (unpaired) electrons. The van der Waals surface area contributed by atoms with Gasteiger partial charge in [0, 0.05) is 5.69 Å². The normalized spacial score (nSPS) is 12.0. The van der Waals surface area contributed by atoms with E-state index in [1.165, 1.54) is 18.2 Å². The van der Waals surface area contributed by atoms with Crippen LogP contribution in [0, 0.1) is 5.41 Å². The summed E-state index contributed by atoms with van der Waals surface area (Å²) in [6.45, 7) is 5.36. The summed E-state index contributed by atoms with van der Waals surface area (Å²) >= 11 is 0. The quantitative estimate of drug-likeness (QED) is 0.273. The van der Waals surface area contributed by atoms with Crippen molar-refractivity contribution < 1.29 is 15.0 Å². The van der Waals surface area contributed by atoms with Crippen molar-refractivity contribution in [3.63, 3.8) is 0 Å². The van der Waals surface area contributed by atoms with Crippen LogP contribution in [0.4, 0.5) is 22.7 Å². The number of carbonyl (C=O) groups is 1. The van der Waals surface area contributed by atoms with Gasteiger partial charge in [-0.05, 0) is 29.7 Å². The molecule has 0 bridgehead atoms. The lowest BCUT2D eigenvalue weighted by molar-refractivity contribution is 0.0845. The van der Waals surface area contributed by atoms with Gasteiger partial charge in [0.1, 0.15) is 11.4 Å². The van der Waals surface area contributed by atoms with Gasteiger partial charge in [-0.3, -0.25) is 14.4 Å². The second kappa shape index (κ2) is 9.88. The molecule has 32 heavy (non-hydrogen) atoms. The van der Waals surface area contributed by atoms with E-state index in [0.29, 0.717) is 5.69 Å². The van der Waals surface area contributed by atoms with Crippen LogP contribution in [-0.2, 0) is 0 Å². The smallest absolute Gasteiger partial charge is 0.255 e. The molecule has 9 heteroatoms. The van der Waals surface area contributed by atoms with E-state index in [4.69, 9.17) is 0 Å². The van der Waals surface area contributed by atoms with Crippen molar-refractivity contribution >= 4 is 42.2 Å². The molecule has 5 N–H and O–H groups in total. The number of nitrogens with one attached hydrogen (secondary N) is 3. The van der Waals surface area contributed by atoms with Crippen molar-refractivity contribution in [2.75, 3.05) is 17.2 Å². The Morgan fingerprint density at radius 2 is 1.53 bits per heavy atom. The summed E-state index contributed by atoms with van der Waals surface area (Å²) in [6, 6.07) is 12.8. The highest BCUT2D eigenvalue weighted by atomic mass is 32.1. The van der Waals surface area contributed by atoms with Crippen LogP contribution in [0.2, 0.25) is 0 Å². The molecule has 0 unspecified atom stereocenters. The summed E-state index contributed by atoms with van der Waals surface area (Å²) in [5.41, 5.74) is -0.986. The SMILES string of the molecule is CC(C)(C)[C@@H](CO)NC(=O)c1cccc(Nc2c(Nc3ccccc3)c(=O)c2=O)c1O.S. The number of aromatic hydroxyl groups is 1. The van der Waals surface area contributed by atoms with E-state index in [0.717, 1.165) is 0 Å². The van der Waals surface area contributed by atoms with Crippen LogP contribution in [-0.4, -0.2) is 28.8 Å². The van der Waals surface area contributed by atoms with Crippen LogP contribution in [0.25, 0.3) is 0 Å². The van der Waals surface area contributed by atoms with Gasteiger partial charge in [-0.15, -0.1) is 0 Å². The third-order valence-electron chi connectivity index (χ3n) is 5.03. The molecule has 0 aliphatic rings. The first-order valence-electron chi connectivity index (χ1n) is 9.79. The minimum Gasteiger partial charge on any atom is -0.505 e. The molecular formula is C23H27N3O5S. The first-order chi connectivity index (χ1) is 14.6. The van der Waals surface area contributed by atoms with Crippen molar-refractivity contribution in [2.45, 2.75) is 26.8 Å². The molecule has 0 aliphatic heterocycles. The Balaban J connectivity index is 0.00000363. The van der Waals surface area contributed by atoms with Crippen LogP contribution in [0.1, 0.15) is 31.1 Å². The fraction of sp³-hybridized carbons (Fsp3) is 0.261. The average Bonchev–Trinajstić information content (AvgIpc) is 2.74. The Hall–Kier alpha value is -3.30. The third-order valence-corrected chi connectivity index (χ3v) is 5.03. The van der Waals surface area contributed by atoms with Gasteiger partial charge in [-0.1, -0.05) is 45.0 Å². The molecule has 1 amide bonds. The van der Waals surface area contributed by atoms with Gasteiger partial charge < -0.3 is 26.2 Å². The highest BCUT2D eigenvalue weighted by Crippen LogP contribution is 2.32. The second-order valence-corrected chi connectivity index (χ2v) is 8.30. The maximum absolute atomic E-state index is 12.7. The molecule has 3 aromatic carbocycles. The Morgan fingerprint density at radius 3 is 2.09 bits per heavy atom. The maximum Gasteiger partial charge on any atom is 0.255 e. The zero-order valence-corrected chi connectivity index (χ0v) is 19.0. The fourth-order valence-corrected chi connectivity index (χ4v) is 3.03. The Labute approximate surface area is 192 Å². The number of anilines is 4. The van der Waals surface area contributed by atoms with E-state index in [9.17, 15) is 24.6 Å². The van der Waals surface area contributed by atoms with Gasteiger partial charge in [-0.2, -0.15) is 13.5 Å². The number of rotatable bonds is 7. The predicted octanol–water partition coefficient (Wildman–Crippen LogP) is 2.73. The molecule has 0 fully saturated rings. The molecule has 0 saturated heterocycles. The molecule has 0 aliphatic carbocycles. The Bertz CT molecular complexity index is 1160. The number of amides is 1. The Kier molecular flexibility index (Phi) is 7.71. The number of hydrogen-bond acceptors (Lipinski definition) is 7. The van der Waals surface area contributed by atoms with Crippen molar-refractivity contribution in [3.8, 4) is 5.75 Å². The number of para-hydroxylation sites is 2. The number of phenolic OH excluding ortho intramolecular Hbond substituents is 1. The van der Waals surface area contributed by atoms with Gasteiger partial charge >= 0.3 is 0 Å². The monoisotopic (exact) mass is 457 g/mol. The maximum atomic E-state index is 12.7. The van der Waals surface area contributed by atoms with Crippen molar-refractivity contribution in [1.29, 1.82) is 0 Å². The summed E-state index contributed by atoms with van der Waals surface area (Å²) in [5, 5.41) is 28.6. The van der Waals surface area contributed by atoms with Gasteiger partial charge in [0.15, 0.2) is 5.75 Å². The zero-order valence-electron chi connectivity index (χ0n) is 18.0. The molecule has 0 heterocycles. The van der Waals surface area contributed by atoms with E-state index in [1.54, 1.807) is 24.3 Å². The minimum atomic E-state index is -0.722. The average molecular weight is 458 g/mol. The summed E-state index contributed by atoms with van der Waals surface area (Å²) in [5.74, 6) is -0.938. The lowest BCUT2D eigenvalue weighted by atomic mass is 9.87. The van der Waals surface area contributed by atoms with Crippen LogP contribution in [0.3, 0.4) is 0 Å². The van der Waals surface area contributed by atoms with Gasteiger partial charge in [0.2, 0.25) is 0 Å². The standard InChI is InChI=1S/C23H25N3O5.H2S/c1-23(2,3)16(12-27)26-22(31)14-10-7-11-15(19(14)28)25-18-17(20(29)21(18)30)24-13-8-5-4-6-9-13;/h4-11,16,24-25,27-28H,12H2,1-3H3,(H,26,31);1H2/t16-;/m1./s1. The van der Waals surface area contributed by atoms with E-state index < -0.39 is 28.2 Å². The van der Waals surface area contributed by atoms with E-state index in [2.05, 4.69) is 16.0 Å². The van der Waals surface area contributed by atoms with Gasteiger partial charge in [0.05, 0.1) is 23.9 Å². The molecule has 0 saturated carbocycles. The highest BCUT2D eigenvalue weighted by Gasteiger charge is 2.28. The van der Waals surface area contributed by atoms with E-state index in [-0.39, 0.29) is 48.5 Å². The van der Waals surface area contributed by atoms with Crippen LogP contribution >= 0.6 is 13.5 Å². The highest BCUT2D eigenvalue weighted by molar-refractivity contribution is 7.59. The number of phenols is 1. The predicted molar refractivity (Wildman–Crippen MR) is 131 cm³/mol. The fourth-order valence-electron chi connectivity index (χ4n) is 3.03. The molecule has 0 spiro atoms. The van der Waals surface area contributed by atoms with Crippen LogP contribution in [0.15, 0.2) is 58.1 Å². The van der Waals surface area contributed by atoms with Gasteiger partial charge in [0.25, 0.3) is 16.8 Å². The van der Waals surface area contributed by atoms with Crippen LogP contribution in [0.5, 0.6) is 5.75 Å². The summed E-state index contributed by atoms with van der Waals surface area (Å²) in [4.78, 5) is 36.8. The number of aliphatic hydroxyl groups is 1. The third kappa shape index (κ3) is 5.12. The van der Waals surface area contributed by atoms with Crippen molar-refractivity contribution in [1.82, 2.24) is 5.32 Å². The first kappa shape index (κ1) is 25.0. The second-order valence-electron chi connectivity index (χ2n) is 8.30. The van der Waals surface area contributed by atoms with E-state index in [1.807, 2.05) is 26.8 Å². The first-order valence-corrected chi connectivity index (χ1v) is 9.79. The topological polar surface area (TPSA) is 128 Å². The molecule has 3 rings (SSSR count). The number of aliphatic hydroxyl groups excluding tert-OH is 1. The molecular weight excluding hydrogens is 430 g/mol. The van der Waals surface area contributed by atoms with E-state index >= 15 is 0 Å². The van der Waals surface area contributed by atoms with Gasteiger partial charge in [-0.25, -0.2) is 0 Å². The lowest BCUT2D eigenvalue weighted by Gasteiger charge is -2.30. The largest absolute Gasteiger partial charge is 0.505 e. The molecule has 0 aromatic heterocycles. The molecule has 170 valence electrons. The summed E-state index contributed by atoms with van der Waals surface area (Å²) < 4.78 is 0. The number of hydrogen-bond donors (Lipinski definition) is 5. The summed E-state index contributed by atoms with van der Waals surface area (Å²) in [6.07, 6.45) is 0. The van der Waals surface area contributed by atoms with Crippen LogP contribution < -0.4 is 26.8 Å². The van der Waals surface area contributed by atoms with Crippen molar-refractivity contribution in [3.05, 3.63) is 74.5 Å². The van der Waals surface area contributed by atoms with Crippen molar-refractivity contribution in [2.24, 2.45) is 5.41 Å². The zero-order chi connectivity index (χ0) is 22.8. The molecule has 1 atom stereocenters. The molecule has 8 nitrogen and oxygen atoms in total. The molecule has 3 aromatic rings. The summed E-state index contributed by atoms with van der Waals surface area (Å²) in [7, 11) is 0. The minimum absolute atomic E-state index is 0. The Morgan fingerprint density at radius 1 is 0.938 bits per heavy atom. The number of carbonyl (C=O) groups excluding carboxylic acids is 1. The number of benzene rings is 2.